The van der Waals surface area contributed by atoms with Crippen molar-refractivity contribution in [2.45, 2.75) is 13.0 Å². The van der Waals surface area contributed by atoms with Crippen molar-refractivity contribution in [2.75, 3.05) is 13.7 Å². The minimum atomic E-state index is -0.738. The third-order valence-corrected chi connectivity index (χ3v) is 1.16. The fourth-order valence-electron chi connectivity index (χ4n) is 0.539. The van der Waals surface area contributed by atoms with Gasteiger partial charge in [-0.2, -0.15) is 0 Å². The molecule has 0 aliphatic carbocycles. The molecule has 0 amide bonds. The molecule has 0 spiro atoms. The first-order valence-electron chi connectivity index (χ1n) is 2.96. The van der Waals surface area contributed by atoms with Gasteiger partial charge in [-0.15, -0.1) is 0 Å². The lowest BCUT2D eigenvalue weighted by Crippen LogP contribution is -2.27. The highest BCUT2D eigenvalue weighted by atomic mass is 16.5. The largest absolute Gasteiger partial charge is 0.393 e. The van der Waals surface area contributed by atoms with Crippen molar-refractivity contribution in [3.05, 3.63) is 12.2 Å². The van der Waals surface area contributed by atoms with E-state index in [0.29, 0.717) is 5.57 Å². The Morgan fingerprint density at radius 1 is 1.80 bits per heavy atom. The van der Waals surface area contributed by atoms with Crippen molar-refractivity contribution in [2.24, 2.45) is 0 Å². The lowest BCUT2D eigenvalue weighted by molar-refractivity contribution is -0.126. The molecule has 0 radical (unpaired) electrons. The number of aliphatic hydroxyl groups excluding tert-OH is 1. The predicted molar refractivity (Wildman–Crippen MR) is 37.7 cm³/mol. The zero-order chi connectivity index (χ0) is 8.15. The molecule has 0 heterocycles. The van der Waals surface area contributed by atoms with Crippen LogP contribution in [-0.4, -0.2) is 30.7 Å². The molecule has 0 aromatic carbocycles. The van der Waals surface area contributed by atoms with Crippen LogP contribution in [0.5, 0.6) is 0 Å². The maximum absolute atomic E-state index is 10.9. The summed E-state index contributed by atoms with van der Waals surface area (Å²) < 4.78 is 4.66. The summed E-state index contributed by atoms with van der Waals surface area (Å²) in [5.74, 6) is -0.245. The SMILES string of the molecule is C=C(C)C(=O)C(CO)OC. The van der Waals surface area contributed by atoms with Gasteiger partial charge in [0, 0.05) is 7.11 Å². The molecule has 3 nitrogen and oxygen atoms in total. The Kier molecular flexibility index (Phi) is 3.91. The monoisotopic (exact) mass is 144 g/mol. The Hall–Kier alpha value is -0.670. The van der Waals surface area contributed by atoms with Gasteiger partial charge in [-0.3, -0.25) is 4.79 Å². The number of rotatable bonds is 4. The number of hydrogen-bond donors (Lipinski definition) is 1. The summed E-state index contributed by atoms with van der Waals surface area (Å²) in [5.41, 5.74) is 0.404. The number of methoxy groups -OCH3 is 1. The molecule has 1 unspecified atom stereocenters. The summed E-state index contributed by atoms with van der Waals surface area (Å²) in [4.78, 5) is 10.9. The highest BCUT2D eigenvalue weighted by molar-refractivity contribution is 5.97. The van der Waals surface area contributed by atoms with Gasteiger partial charge in [0.25, 0.3) is 0 Å². The van der Waals surface area contributed by atoms with Crippen LogP contribution < -0.4 is 0 Å². The molecule has 58 valence electrons. The summed E-state index contributed by atoms with van der Waals surface area (Å²) in [7, 11) is 1.38. The summed E-state index contributed by atoms with van der Waals surface area (Å²) in [6, 6.07) is 0. The van der Waals surface area contributed by atoms with E-state index in [0.717, 1.165) is 0 Å². The van der Waals surface area contributed by atoms with E-state index in [-0.39, 0.29) is 12.4 Å². The van der Waals surface area contributed by atoms with Crippen LogP contribution >= 0.6 is 0 Å². The lowest BCUT2D eigenvalue weighted by atomic mass is 10.1. The highest BCUT2D eigenvalue weighted by Gasteiger charge is 2.15. The van der Waals surface area contributed by atoms with Gasteiger partial charge in [0.05, 0.1) is 6.61 Å². The number of hydrogen-bond acceptors (Lipinski definition) is 3. The number of carbonyl (C=O) groups is 1. The minimum absolute atomic E-state index is 0.245. The number of Topliss-reactive ketones (excluding diaryl/α,β-unsaturated/α-hetero) is 1. The Morgan fingerprint density at radius 2 is 2.30 bits per heavy atom. The Bertz CT molecular complexity index is 136. The molecule has 3 heteroatoms. The van der Waals surface area contributed by atoms with Gasteiger partial charge in [0.2, 0.25) is 0 Å². The van der Waals surface area contributed by atoms with Crippen molar-refractivity contribution in [3.63, 3.8) is 0 Å². The normalized spacial score (nSPS) is 12.7. The topological polar surface area (TPSA) is 46.5 Å². The zero-order valence-corrected chi connectivity index (χ0v) is 6.26. The van der Waals surface area contributed by atoms with Crippen LogP contribution in [0.2, 0.25) is 0 Å². The van der Waals surface area contributed by atoms with E-state index in [1.807, 2.05) is 0 Å². The van der Waals surface area contributed by atoms with Crippen LogP contribution in [0.4, 0.5) is 0 Å². The first-order chi connectivity index (χ1) is 4.63. The summed E-state index contributed by atoms with van der Waals surface area (Å²) in [5, 5.41) is 8.56. The lowest BCUT2D eigenvalue weighted by Gasteiger charge is -2.09. The highest BCUT2D eigenvalue weighted by Crippen LogP contribution is 1.98. The molecule has 0 aliphatic rings. The Balaban J connectivity index is 4.02. The number of ketones is 1. The minimum Gasteiger partial charge on any atom is -0.393 e. The van der Waals surface area contributed by atoms with Gasteiger partial charge in [-0.05, 0) is 12.5 Å². The van der Waals surface area contributed by atoms with Crippen molar-refractivity contribution >= 4 is 5.78 Å². The van der Waals surface area contributed by atoms with Crippen LogP contribution in [0.3, 0.4) is 0 Å². The van der Waals surface area contributed by atoms with Gasteiger partial charge in [-0.1, -0.05) is 6.58 Å². The van der Waals surface area contributed by atoms with E-state index in [9.17, 15) is 4.79 Å². The molecule has 1 N–H and O–H groups in total. The average Bonchev–Trinajstić information content (AvgIpc) is 1.90. The smallest absolute Gasteiger partial charge is 0.189 e. The zero-order valence-electron chi connectivity index (χ0n) is 6.26. The third kappa shape index (κ3) is 2.29. The van der Waals surface area contributed by atoms with E-state index in [4.69, 9.17) is 5.11 Å². The maximum atomic E-state index is 10.9. The van der Waals surface area contributed by atoms with Crippen LogP contribution in [-0.2, 0) is 9.53 Å². The molecule has 0 aromatic rings. The molecule has 0 saturated heterocycles. The second-order valence-corrected chi connectivity index (χ2v) is 2.05. The van der Waals surface area contributed by atoms with E-state index in [1.54, 1.807) is 6.92 Å². The Morgan fingerprint density at radius 3 is 2.40 bits per heavy atom. The van der Waals surface area contributed by atoms with E-state index >= 15 is 0 Å². The van der Waals surface area contributed by atoms with Crippen molar-refractivity contribution in [1.29, 1.82) is 0 Å². The fraction of sp³-hybridized carbons (Fsp3) is 0.571. The molecule has 10 heavy (non-hydrogen) atoms. The number of ether oxygens (including phenoxy) is 1. The molecular formula is C7H12O3. The molecule has 0 aromatic heterocycles. The summed E-state index contributed by atoms with van der Waals surface area (Å²) >= 11 is 0. The van der Waals surface area contributed by atoms with Gasteiger partial charge in [0.1, 0.15) is 6.10 Å². The second kappa shape index (κ2) is 4.19. The number of carbonyl (C=O) groups excluding carboxylic acids is 1. The summed E-state index contributed by atoms with van der Waals surface area (Å²) in [6.07, 6.45) is -0.738. The fourth-order valence-corrected chi connectivity index (χ4v) is 0.539. The van der Waals surface area contributed by atoms with Crippen molar-refractivity contribution in [1.82, 2.24) is 0 Å². The first kappa shape index (κ1) is 9.33. The van der Waals surface area contributed by atoms with E-state index in [2.05, 4.69) is 11.3 Å². The van der Waals surface area contributed by atoms with Crippen LogP contribution in [0.15, 0.2) is 12.2 Å². The van der Waals surface area contributed by atoms with Crippen LogP contribution in [0.25, 0.3) is 0 Å². The van der Waals surface area contributed by atoms with Crippen LogP contribution in [0.1, 0.15) is 6.92 Å². The van der Waals surface area contributed by atoms with Gasteiger partial charge < -0.3 is 9.84 Å². The molecule has 0 aliphatic heterocycles. The standard InChI is InChI=1S/C7H12O3/c1-5(2)7(9)6(4-8)10-3/h6,8H,1,4H2,2-3H3. The molecule has 0 fully saturated rings. The van der Waals surface area contributed by atoms with Crippen molar-refractivity contribution < 1.29 is 14.6 Å². The molecule has 0 rings (SSSR count). The van der Waals surface area contributed by atoms with Gasteiger partial charge >= 0.3 is 0 Å². The average molecular weight is 144 g/mol. The van der Waals surface area contributed by atoms with E-state index in [1.165, 1.54) is 7.11 Å². The predicted octanol–water partition coefficient (Wildman–Crippen LogP) is 0.139. The first-order valence-corrected chi connectivity index (χ1v) is 2.96. The van der Waals surface area contributed by atoms with E-state index < -0.39 is 6.10 Å². The molecular weight excluding hydrogens is 132 g/mol. The molecule has 0 bridgehead atoms. The second-order valence-electron chi connectivity index (χ2n) is 2.05. The quantitative estimate of drug-likeness (QED) is 0.571. The molecule has 1 atom stereocenters. The third-order valence-electron chi connectivity index (χ3n) is 1.16. The van der Waals surface area contributed by atoms with Gasteiger partial charge in [0.15, 0.2) is 5.78 Å². The number of aliphatic hydroxyl groups is 1. The maximum Gasteiger partial charge on any atom is 0.189 e. The Labute approximate surface area is 60.3 Å². The summed E-state index contributed by atoms with van der Waals surface area (Å²) in [6.45, 7) is 4.73. The van der Waals surface area contributed by atoms with Crippen molar-refractivity contribution in [3.8, 4) is 0 Å². The van der Waals surface area contributed by atoms with Gasteiger partial charge in [-0.25, -0.2) is 0 Å². The molecule has 0 saturated carbocycles. The van der Waals surface area contributed by atoms with Crippen LogP contribution in [0, 0.1) is 0 Å².